The molecular weight excluding hydrogens is 296 g/mol. The number of furan rings is 1. The number of hydrazone groups is 1. The number of allylic oxidation sites excluding steroid dienone is 1. The first kappa shape index (κ1) is 14.9. The molecule has 6 heteroatoms. The summed E-state index contributed by atoms with van der Waals surface area (Å²) in [4.78, 5) is 12.1. The second-order valence-corrected chi connectivity index (χ2v) is 4.94. The highest BCUT2D eigenvalue weighted by molar-refractivity contribution is 5.97. The van der Waals surface area contributed by atoms with E-state index in [4.69, 9.17) is 13.9 Å². The molecule has 1 amide bonds. The minimum Gasteiger partial charge on any atom is -0.485 e. The lowest BCUT2D eigenvalue weighted by Gasteiger charge is -2.24. The molecule has 0 radical (unpaired) electrons. The molecule has 0 fully saturated rings. The molecular formula is C17H16N2O4. The van der Waals surface area contributed by atoms with Crippen LogP contribution in [0, 0.1) is 0 Å². The monoisotopic (exact) mass is 312 g/mol. The summed E-state index contributed by atoms with van der Waals surface area (Å²) in [6.07, 6.45) is 4.37. The van der Waals surface area contributed by atoms with Crippen LogP contribution in [0.2, 0.25) is 0 Å². The maximum atomic E-state index is 12.1. The Balaban J connectivity index is 1.56. The standard InChI is InChI=1S/C17H16N2O4/c1-12(8-9-13-5-4-10-21-13)18-19-17(20)16-11-22-14-6-2-3-7-15(14)23-16/h2-10,16H,11H2,1H3,(H,19,20)/b9-8+,18-12+/t16-/m1/s1. The van der Waals surface area contributed by atoms with E-state index >= 15 is 0 Å². The predicted molar refractivity (Wildman–Crippen MR) is 85.3 cm³/mol. The van der Waals surface area contributed by atoms with E-state index in [2.05, 4.69) is 10.5 Å². The second-order valence-electron chi connectivity index (χ2n) is 4.94. The van der Waals surface area contributed by atoms with Gasteiger partial charge in [0.2, 0.25) is 6.10 Å². The Morgan fingerprint density at radius 1 is 1.26 bits per heavy atom. The Kier molecular flexibility index (Phi) is 4.42. The van der Waals surface area contributed by atoms with E-state index in [1.54, 1.807) is 43.5 Å². The summed E-state index contributed by atoms with van der Waals surface area (Å²) in [5.74, 6) is 1.55. The van der Waals surface area contributed by atoms with E-state index in [1.807, 2.05) is 18.2 Å². The van der Waals surface area contributed by atoms with Gasteiger partial charge in [0.05, 0.1) is 12.0 Å². The number of fused-ring (bicyclic) bond motifs is 1. The van der Waals surface area contributed by atoms with Crippen LogP contribution in [0.5, 0.6) is 11.5 Å². The molecule has 1 aromatic heterocycles. The number of rotatable bonds is 4. The third-order valence-electron chi connectivity index (χ3n) is 3.18. The van der Waals surface area contributed by atoms with Crippen LogP contribution in [-0.4, -0.2) is 24.3 Å². The van der Waals surface area contributed by atoms with Gasteiger partial charge in [0.1, 0.15) is 12.4 Å². The first-order chi connectivity index (χ1) is 11.2. The van der Waals surface area contributed by atoms with Gasteiger partial charge in [-0.15, -0.1) is 0 Å². The van der Waals surface area contributed by atoms with Gasteiger partial charge in [-0.2, -0.15) is 5.10 Å². The van der Waals surface area contributed by atoms with E-state index in [-0.39, 0.29) is 12.5 Å². The number of amides is 1. The Morgan fingerprint density at radius 2 is 2.09 bits per heavy atom. The number of carbonyl (C=O) groups excluding carboxylic acids is 1. The van der Waals surface area contributed by atoms with Gasteiger partial charge < -0.3 is 13.9 Å². The van der Waals surface area contributed by atoms with Gasteiger partial charge in [-0.3, -0.25) is 4.79 Å². The van der Waals surface area contributed by atoms with Crippen molar-refractivity contribution in [3.05, 3.63) is 54.5 Å². The van der Waals surface area contributed by atoms with Gasteiger partial charge in [-0.25, -0.2) is 5.43 Å². The lowest BCUT2D eigenvalue weighted by molar-refractivity contribution is -0.130. The van der Waals surface area contributed by atoms with Gasteiger partial charge in [-0.05, 0) is 43.3 Å². The fourth-order valence-electron chi connectivity index (χ4n) is 1.99. The lowest BCUT2D eigenvalue weighted by Crippen LogP contribution is -2.42. The average Bonchev–Trinajstić information content (AvgIpc) is 3.11. The number of hydrogen-bond donors (Lipinski definition) is 1. The fraction of sp³-hybridized carbons (Fsp3) is 0.176. The van der Waals surface area contributed by atoms with E-state index in [0.717, 1.165) is 0 Å². The molecule has 1 aliphatic rings. The van der Waals surface area contributed by atoms with Gasteiger partial charge in [0.25, 0.3) is 5.91 Å². The van der Waals surface area contributed by atoms with Gasteiger partial charge in [0, 0.05) is 0 Å². The molecule has 3 rings (SSSR count). The third-order valence-corrected chi connectivity index (χ3v) is 3.18. The molecule has 0 spiro atoms. The van der Waals surface area contributed by atoms with Crippen LogP contribution in [0.1, 0.15) is 12.7 Å². The minimum absolute atomic E-state index is 0.152. The normalized spacial score (nSPS) is 17.3. The first-order valence-corrected chi connectivity index (χ1v) is 7.16. The third kappa shape index (κ3) is 3.79. The number of nitrogens with one attached hydrogen (secondary N) is 1. The Morgan fingerprint density at radius 3 is 2.87 bits per heavy atom. The van der Waals surface area contributed by atoms with Crippen molar-refractivity contribution in [2.75, 3.05) is 6.61 Å². The van der Waals surface area contributed by atoms with E-state index in [0.29, 0.717) is 23.0 Å². The zero-order chi connectivity index (χ0) is 16.1. The highest BCUT2D eigenvalue weighted by Crippen LogP contribution is 2.30. The molecule has 1 atom stereocenters. The fourth-order valence-corrected chi connectivity index (χ4v) is 1.99. The van der Waals surface area contributed by atoms with Crippen molar-refractivity contribution in [1.82, 2.24) is 5.43 Å². The molecule has 1 aromatic carbocycles. The van der Waals surface area contributed by atoms with Crippen LogP contribution in [0.3, 0.4) is 0 Å². The maximum Gasteiger partial charge on any atom is 0.284 e. The highest BCUT2D eigenvalue weighted by atomic mass is 16.6. The Labute approximate surface area is 133 Å². The highest BCUT2D eigenvalue weighted by Gasteiger charge is 2.26. The zero-order valence-corrected chi connectivity index (χ0v) is 12.6. The molecule has 0 saturated carbocycles. The number of ether oxygens (including phenoxy) is 2. The largest absolute Gasteiger partial charge is 0.485 e. The van der Waals surface area contributed by atoms with Crippen molar-refractivity contribution in [1.29, 1.82) is 0 Å². The number of nitrogens with zero attached hydrogens (tertiary/aromatic N) is 1. The minimum atomic E-state index is -0.726. The van der Waals surface area contributed by atoms with Crippen LogP contribution >= 0.6 is 0 Å². The van der Waals surface area contributed by atoms with E-state index in [9.17, 15) is 4.79 Å². The van der Waals surface area contributed by atoms with E-state index in [1.165, 1.54) is 0 Å². The molecule has 6 nitrogen and oxygen atoms in total. The Hall–Kier alpha value is -3.02. The van der Waals surface area contributed by atoms with Crippen molar-refractivity contribution in [2.45, 2.75) is 13.0 Å². The van der Waals surface area contributed by atoms with Gasteiger partial charge in [0.15, 0.2) is 11.5 Å². The summed E-state index contributed by atoms with van der Waals surface area (Å²) in [7, 11) is 0. The van der Waals surface area contributed by atoms with Gasteiger partial charge >= 0.3 is 0 Å². The summed E-state index contributed by atoms with van der Waals surface area (Å²) >= 11 is 0. The number of para-hydroxylation sites is 2. The summed E-state index contributed by atoms with van der Waals surface area (Å²) in [6.45, 7) is 1.92. The molecule has 1 aliphatic heterocycles. The zero-order valence-electron chi connectivity index (χ0n) is 12.6. The predicted octanol–water partition coefficient (Wildman–Crippen LogP) is 2.62. The van der Waals surface area contributed by atoms with Crippen LogP contribution in [0.4, 0.5) is 0 Å². The van der Waals surface area contributed by atoms with Gasteiger partial charge in [-0.1, -0.05) is 12.1 Å². The Bertz CT molecular complexity index is 735. The van der Waals surface area contributed by atoms with Crippen LogP contribution in [0.25, 0.3) is 6.08 Å². The molecule has 0 saturated heterocycles. The smallest absolute Gasteiger partial charge is 0.284 e. The number of hydrogen-bond acceptors (Lipinski definition) is 5. The molecule has 0 aliphatic carbocycles. The van der Waals surface area contributed by atoms with Crippen molar-refractivity contribution in [3.8, 4) is 11.5 Å². The average molecular weight is 312 g/mol. The molecule has 118 valence electrons. The van der Waals surface area contributed by atoms with Crippen molar-refractivity contribution >= 4 is 17.7 Å². The molecule has 1 N–H and O–H groups in total. The first-order valence-electron chi connectivity index (χ1n) is 7.16. The summed E-state index contributed by atoms with van der Waals surface area (Å²) in [5.41, 5.74) is 3.11. The summed E-state index contributed by atoms with van der Waals surface area (Å²) in [6, 6.07) is 10.9. The quantitative estimate of drug-likeness (QED) is 0.696. The van der Waals surface area contributed by atoms with E-state index < -0.39 is 6.10 Å². The van der Waals surface area contributed by atoms with Crippen LogP contribution < -0.4 is 14.9 Å². The molecule has 0 bridgehead atoms. The van der Waals surface area contributed by atoms with Crippen LogP contribution in [0.15, 0.2) is 58.3 Å². The number of benzene rings is 1. The SMILES string of the molecule is CC(/C=C/c1ccco1)=N\NC(=O)[C@H]1COc2ccccc2O1. The maximum absolute atomic E-state index is 12.1. The molecule has 2 aromatic rings. The van der Waals surface area contributed by atoms with Crippen molar-refractivity contribution in [3.63, 3.8) is 0 Å². The van der Waals surface area contributed by atoms with Crippen molar-refractivity contribution < 1.29 is 18.7 Å². The van der Waals surface area contributed by atoms with Crippen molar-refractivity contribution in [2.24, 2.45) is 5.10 Å². The molecule has 2 heterocycles. The lowest BCUT2D eigenvalue weighted by atomic mass is 10.2. The van der Waals surface area contributed by atoms with Crippen LogP contribution in [-0.2, 0) is 4.79 Å². The topological polar surface area (TPSA) is 73.1 Å². The number of carbonyl (C=O) groups is 1. The molecule has 0 unspecified atom stereocenters. The summed E-state index contributed by atoms with van der Waals surface area (Å²) < 4.78 is 16.3. The molecule has 23 heavy (non-hydrogen) atoms. The summed E-state index contributed by atoms with van der Waals surface area (Å²) in [5, 5.41) is 4.01. The second kappa shape index (κ2) is 6.83.